The summed E-state index contributed by atoms with van der Waals surface area (Å²) in [6.45, 7) is 1.80. The van der Waals surface area contributed by atoms with Gasteiger partial charge in [0, 0.05) is 10.8 Å². The Morgan fingerprint density at radius 2 is 1.82 bits per heavy atom. The molecule has 2 aromatic carbocycles. The number of pyridine rings is 1. The lowest BCUT2D eigenvalue weighted by molar-refractivity contribution is -0.137. The second-order valence-electron chi connectivity index (χ2n) is 8.22. The van der Waals surface area contributed by atoms with Crippen molar-refractivity contribution in [3.63, 3.8) is 0 Å². The van der Waals surface area contributed by atoms with Crippen LogP contribution in [0.1, 0.15) is 49.7 Å². The van der Waals surface area contributed by atoms with Gasteiger partial charge in [0.15, 0.2) is 5.43 Å². The largest absolute Gasteiger partial charge is 0.480 e. The van der Waals surface area contributed by atoms with E-state index in [4.69, 9.17) is 0 Å². The molecule has 4 nitrogen and oxygen atoms in total. The van der Waals surface area contributed by atoms with Crippen molar-refractivity contribution in [3.05, 3.63) is 57.7 Å². The van der Waals surface area contributed by atoms with E-state index in [1.54, 1.807) is 4.57 Å². The molecule has 0 unspecified atom stereocenters. The third-order valence-corrected chi connectivity index (χ3v) is 6.14. The van der Waals surface area contributed by atoms with Crippen LogP contribution in [0.5, 0.6) is 0 Å². The Bertz CT molecular complexity index is 1090. The van der Waals surface area contributed by atoms with Crippen LogP contribution in [0.4, 0.5) is 0 Å². The molecule has 0 bridgehead atoms. The number of aromatic nitrogens is 1. The van der Waals surface area contributed by atoms with Gasteiger partial charge in [-0.1, -0.05) is 44.2 Å². The van der Waals surface area contributed by atoms with E-state index in [9.17, 15) is 14.7 Å². The van der Waals surface area contributed by atoms with Crippen molar-refractivity contribution >= 4 is 27.8 Å². The zero-order chi connectivity index (χ0) is 19.7. The number of aryl methyl sites for hydroxylation is 2. The van der Waals surface area contributed by atoms with Crippen LogP contribution in [0.25, 0.3) is 21.8 Å². The number of fused-ring (bicyclic) bond motifs is 2. The molecule has 4 rings (SSSR count). The van der Waals surface area contributed by atoms with Gasteiger partial charge in [0.05, 0.1) is 11.0 Å². The summed E-state index contributed by atoms with van der Waals surface area (Å²) in [4.78, 5) is 24.6. The summed E-state index contributed by atoms with van der Waals surface area (Å²) in [6.07, 6.45) is 8.84. The molecule has 0 spiro atoms. The summed E-state index contributed by atoms with van der Waals surface area (Å²) in [5.41, 5.74) is 3.56. The highest BCUT2D eigenvalue weighted by molar-refractivity contribution is 5.95. The predicted octanol–water partition coefficient (Wildman–Crippen LogP) is 5.06. The highest BCUT2D eigenvalue weighted by atomic mass is 16.4. The summed E-state index contributed by atoms with van der Waals surface area (Å²) < 4.78 is 1.76. The molecule has 0 atom stereocenters. The first-order valence-electron chi connectivity index (χ1n) is 10.3. The lowest BCUT2D eigenvalue weighted by Gasteiger charge is -2.21. The second kappa shape index (κ2) is 7.78. The van der Waals surface area contributed by atoms with Gasteiger partial charge in [-0.25, -0.2) is 0 Å². The van der Waals surface area contributed by atoms with Crippen LogP contribution in [-0.4, -0.2) is 15.6 Å². The third-order valence-electron chi connectivity index (χ3n) is 6.14. The molecule has 0 radical (unpaired) electrons. The molecular formula is C24H27NO3. The van der Waals surface area contributed by atoms with Crippen molar-refractivity contribution in [2.24, 2.45) is 5.92 Å². The number of hydrogen-bond donors (Lipinski definition) is 1. The van der Waals surface area contributed by atoms with Crippen LogP contribution >= 0.6 is 0 Å². The molecular weight excluding hydrogens is 350 g/mol. The Kier molecular flexibility index (Phi) is 5.21. The summed E-state index contributed by atoms with van der Waals surface area (Å²) in [5, 5.41) is 10.6. The SMILES string of the molecule is Cc1ccc2c(=O)c3cc(CCC4CCCCC4)ccc3n(CC(=O)O)c2c1. The zero-order valence-electron chi connectivity index (χ0n) is 16.4. The van der Waals surface area contributed by atoms with E-state index in [0.29, 0.717) is 21.8 Å². The van der Waals surface area contributed by atoms with Crippen LogP contribution in [0.3, 0.4) is 0 Å². The molecule has 28 heavy (non-hydrogen) atoms. The van der Waals surface area contributed by atoms with E-state index in [2.05, 4.69) is 6.07 Å². The molecule has 1 aliphatic carbocycles. The number of carboxylic acid groups (broad SMARTS) is 1. The quantitative estimate of drug-likeness (QED) is 0.632. The number of aliphatic carboxylic acids is 1. The molecule has 1 N–H and O–H groups in total. The maximum atomic E-state index is 13.1. The Morgan fingerprint density at radius 3 is 2.57 bits per heavy atom. The molecule has 1 aliphatic rings. The van der Waals surface area contributed by atoms with Gasteiger partial charge in [-0.15, -0.1) is 0 Å². The third kappa shape index (κ3) is 3.68. The minimum Gasteiger partial charge on any atom is -0.480 e. The topological polar surface area (TPSA) is 59.3 Å². The standard InChI is InChI=1S/C24H27NO3/c1-16-7-11-19-22(13-16)25(15-23(26)27)21-12-10-18(14-20(21)24(19)28)9-8-17-5-3-2-4-6-17/h7,10-14,17H,2-6,8-9,15H2,1H3,(H,26,27). The molecule has 1 heterocycles. The highest BCUT2D eigenvalue weighted by Crippen LogP contribution is 2.28. The minimum atomic E-state index is -0.908. The highest BCUT2D eigenvalue weighted by Gasteiger charge is 2.16. The van der Waals surface area contributed by atoms with Crippen molar-refractivity contribution in [1.82, 2.24) is 4.57 Å². The van der Waals surface area contributed by atoms with E-state index in [0.717, 1.165) is 17.9 Å². The smallest absolute Gasteiger partial charge is 0.323 e. The van der Waals surface area contributed by atoms with Crippen molar-refractivity contribution in [2.75, 3.05) is 0 Å². The van der Waals surface area contributed by atoms with E-state index >= 15 is 0 Å². The average molecular weight is 377 g/mol. The van der Waals surface area contributed by atoms with Crippen molar-refractivity contribution in [1.29, 1.82) is 0 Å². The van der Waals surface area contributed by atoms with Crippen LogP contribution in [0.15, 0.2) is 41.2 Å². The van der Waals surface area contributed by atoms with Gasteiger partial charge in [-0.2, -0.15) is 0 Å². The summed E-state index contributed by atoms with van der Waals surface area (Å²) >= 11 is 0. The Labute approximate surface area is 164 Å². The van der Waals surface area contributed by atoms with Crippen molar-refractivity contribution in [2.45, 2.75) is 58.4 Å². The first kappa shape index (κ1) is 18.7. The monoisotopic (exact) mass is 377 g/mol. The Hall–Kier alpha value is -2.62. The number of benzene rings is 2. The fourth-order valence-electron chi connectivity index (χ4n) is 4.64. The molecule has 1 aromatic heterocycles. The molecule has 1 fully saturated rings. The fourth-order valence-corrected chi connectivity index (χ4v) is 4.64. The molecule has 0 aliphatic heterocycles. The normalized spacial score (nSPS) is 15.3. The Morgan fingerprint density at radius 1 is 1.04 bits per heavy atom. The van der Waals surface area contributed by atoms with Gasteiger partial charge in [0.2, 0.25) is 0 Å². The maximum absolute atomic E-state index is 13.1. The number of carbonyl (C=O) groups is 1. The van der Waals surface area contributed by atoms with Gasteiger partial charge < -0.3 is 9.67 Å². The number of rotatable bonds is 5. The number of hydrogen-bond acceptors (Lipinski definition) is 2. The first-order chi connectivity index (χ1) is 13.5. The molecule has 1 saturated carbocycles. The predicted molar refractivity (Wildman–Crippen MR) is 113 cm³/mol. The maximum Gasteiger partial charge on any atom is 0.323 e. The molecule has 3 aromatic rings. The van der Waals surface area contributed by atoms with Gasteiger partial charge >= 0.3 is 5.97 Å². The Balaban J connectivity index is 1.78. The van der Waals surface area contributed by atoms with E-state index in [1.807, 2.05) is 37.3 Å². The van der Waals surface area contributed by atoms with Crippen LogP contribution < -0.4 is 5.43 Å². The summed E-state index contributed by atoms with van der Waals surface area (Å²) in [6, 6.07) is 11.6. The van der Waals surface area contributed by atoms with Gasteiger partial charge in [0.25, 0.3) is 0 Å². The zero-order valence-corrected chi connectivity index (χ0v) is 16.4. The van der Waals surface area contributed by atoms with Gasteiger partial charge in [0.1, 0.15) is 6.54 Å². The first-order valence-corrected chi connectivity index (χ1v) is 10.3. The lowest BCUT2D eigenvalue weighted by atomic mass is 9.85. The van der Waals surface area contributed by atoms with Crippen LogP contribution in [-0.2, 0) is 17.8 Å². The number of carboxylic acids is 1. The fraction of sp³-hybridized carbons (Fsp3) is 0.417. The van der Waals surface area contributed by atoms with Gasteiger partial charge in [-0.3, -0.25) is 9.59 Å². The molecule has 4 heteroatoms. The molecule has 146 valence electrons. The average Bonchev–Trinajstić information content (AvgIpc) is 2.70. The van der Waals surface area contributed by atoms with Crippen LogP contribution in [0.2, 0.25) is 0 Å². The van der Waals surface area contributed by atoms with Crippen molar-refractivity contribution in [3.8, 4) is 0 Å². The van der Waals surface area contributed by atoms with E-state index in [-0.39, 0.29) is 12.0 Å². The summed E-state index contributed by atoms with van der Waals surface area (Å²) in [5.74, 6) is -0.109. The molecule has 0 amide bonds. The number of nitrogens with zero attached hydrogens (tertiary/aromatic N) is 1. The molecule has 0 saturated heterocycles. The van der Waals surface area contributed by atoms with Gasteiger partial charge in [-0.05, 0) is 61.1 Å². The summed E-state index contributed by atoms with van der Waals surface area (Å²) in [7, 11) is 0. The van der Waals surface area contributed by atoms with E-state index in [1.165, 1.54) is 44.1 Å². The van der Waals surface area contributed by atoms with Crippen LogP contribution in [0, 0.1) is 12.8 Å². The van der Waals surface area contributed by atoms with Crippen molar-refractivity contribution < 1.29 is 9.90 Å². The lowest BCUT2D eigenvalue weighted by Crippen LogP contribution is -2.16. The second-order valence-corrected chi connectivity index (χ2v) is 8.22. The minimum absolute atomic E-state index is 0.00819. The van der Waals surface area contributed by atoms with E-state index < -0.39 is 5.97 Å².